The van der Waals surface area contributed by atoms with Crippen LogP contribution >= 0.6 is 0 Å². The van der Waals surface area contributed by atoms with Crippen LogP contribution in [0.4, 0.5) is 0 Å². The second kappa shape index (κ2) is 58.8. The predicted molar refractivity (Wildman–Crippen MR) is 32.6 cm³/mol. The molecule has 0 aromatic carbocycles. The maximum absolute atomic E-state index is 8.93. The summed E-state index contributed by atoms with van der Waals surface area (Å²) in [7, 11) is 0. The fourth-order valence-electron chi connectivity index (χ4n) is 0. The summed E-state index contributed by atoms with van der Waals surface area (Å²) in [5, 5.41) is 17.9. The Morgan fingerprint density at radius 1 is 0.800 bits per heavy atom. The second-order valence-corrected chi connectivity index (χ2v) is 0.577. The van der Waals surface area contributed by atoms with Crippen molar-refractivity contribution >= 4 is 46.1 Å². The molecular weight excluding hydrogens is 382 g/mol. The van der Waals surface area contributed by atoms with Crippen LogP contribution in [0.25, 0.3) is 0 Å². The van der Waals surface area contributed by atoms with Gasteiger partial charge in [0, 0.05) is 0 Å². The van der Waals surface area contributed by atoms with Gasteiger partial charge in [-0.05, 0) is 0 Å². The van der Waals surface area contributed by atoms with Gasteiger partial charge in [-0.15, -0.1) is 13.2 Å². The largest absolute Gasteiger partial charge is 2.00 e. The van der Waals surface area contributed by atoms with E-state index in [0.717, 1.165) is 0 Å². The zero-order valence-electron chi connectivity index (χ0n) is 6.40. The molecule has 0 bridgehead atoms. The molecule has 10 heavy (non-hydrogen) atoms. The summed E-state index contributed by atoms with van der Waals surface area (Å²) >= 11 is 0. The van der Waals surface area contributed by atoms with E-state index in [1.165, 1.54) is 0 Å². The average Bonchev–Trinajstić information content (AvgIpc) is 1.39. The topological polar surface area (TPSA) is 46.1 Å². The van der Waals surface area contributed by atoms with Crippen molar-refractivity contribution in [3.8, 4) is 0 Å². The van der Waals surface area contributed by atoms with Gasteiger partial charge >= 0.3 is 46.1 Å². The van der Waals surface area contributed by atoms with Gasteiger partial charge in [0.15, 0.2) is 0 Å². The molecule has 0 unspecified atom stereocenters. The fraction of sp³-hybridized carbons (Fsp3) is 1.00. The Bertz CT molecular complexity index is 21.2. The molecule has 56 valence electrons. The Labute approximate surface area is 129 Å². The van der Waals surface area contributed by atoms with Crippen molar-refractivity contribution < 1.29 is 58.2 Å². The monoisotopic (exact) mass is 392 g/mol. The average molecular weight is 393 g/mol. The summed E-state index contributed by atoms with van der Waals surface area (Å²) < 4.78 is 0. The second-order valence-electron chi connectivity index (χ2n) is 0.577. The zero-order chi connectivity index (χ0) is 5.41. The van der Waals surface area contributed by atoms with Gasteiger partial charge in [-0.2, -0.15) is 0 Å². The Kier molecular flexibility index (Phi) is 225. The first kappa shape index (κ1) is 38.3. The van der Waals surface area contributed by atoms with E-state index in [9.17, 15) is 0 Å². The van der Waals surface area contributed by atoms with Crippen LogP contribution in [0.3, 0.4) is 0 Å². The number of halogens is 2. The first-order valence-corrected chi connectivity index (χ1v) is 1.99. The van der Waals surface area contributed by atoms with Crippen molar-refractivity contribution in [1.29, 1.82) is 0 Å². The molecule has 0 aromatic heterocycles. The van der Waals surface area contributed by atoms with E-state index in [4.69, 9.17) is 10.2 Å². The quantitative estimate of drug-likeness (QED) is 0.304. The van der Waals surface area contributed by atoms with Crippen molar-refractivity contribution in [1.82, 2.24) is 0 Å². The molecule has 6 heteroatoms. The van der Waals surface area contributed by atoms with Crippen LogP contribution in [-0.4, -0.2) is 59.3 Å². The molecule has 0 heterocycles. The summed E-state index contributed by atoms with van der Waals surface area (Å²) in [6.45, 7) is 3.14. The van der Waals surface area contributed by atoms with Gasteiger partial charge in [0.1, 0.15) is 0 Å². The van der Waals surface area contributed by atoms with E-state index in [1.54, 1.807) is 13.8 Å². The van der Waals surface area contributed by atoms with E-state index in [2.05, 4.69) is 0 Å². The fourth-order valence-corrected chi connectivity index (χ4v) is 0. The van der Waals surface area contributed by atoms with E-state index in [1.807, 2.05) is 0 Å². The van der Waals surface area contributed by atoms with Gasteiger partial charge < -0.3 is 58.2 Å². The molecule has 0 saturated heterocycles. The van der Waals surface area contributed by atoms with Gasteiger partial charge in [0.05, 0.1) is 0 Å². The summed E-state index contributed by atoms with van der Waals surface area (Å²) in [5.41, 5.74) is 0. The smallest absolute Gasteiger partial charge is 1.00 e. The molecule has 0 radical (unpaired) electrons. The maximum Gasteiger partial charge on any atom is 2.00 e. The van der Waals surface area contributed by atoms with Crippen LogP contribution in [0.1, 0.15) is 13.8 Å². The number of hydrogen-bond acceptors (Lipinski definition) is 2. The van der Waals surface area contributed by atoms with Crippen molar-refractivity contribution in [2.75, 3.05) is 13.2 Å². The standard InChI is InChI=1S/2C2H5O.2HI.2Mg/c2*1-2-3;;;;/h2*2H2,1H3;2*1H;;/q2*-1;;;2*+2/p-2. The molecule has 0 aliphatic rings. The molecular formula is C4H10I2Mg2O2. The molecule has 0 amide bonds. The molecule has 0 aliphatic heterocycles. The first-order chi connectivity index (χ1) is 2.83. The maximum atomic E-state index is 8.93. The summed E-state index contributed by atoms with van der Waals surface area (Å²) in [5.74, 6) is 0. The normalized spacial score (nSPS) is 3.60. The minimum Gasteiger partial charge on any atom is -1.00 e. The van der Waals surface area contributed by atoms with Crippen LogP contribution in [0.2, 0.25) is 0 Å². The van der Waals surface area contributed by atoms with Gasteiger partial charge in [0.25, 0.3) is 0 Å². The molecule has 0 saturated carbocycles. The summed E-state index contributed by atoms with van der Waals surface area (Å²) in [4.78, 5) is 0. The minimum absolute atomic E-state index is 0. The third kappa shape index (κ3) is 126. The minimum atomic E-state index is 0. The Morgan fingerprint density at radius 2 is 0.800 bits per heavy atom. The van der Waals surface area contributed by atoms with E-state index >= 15 is 0 Å². The predicted octanol–water partition coefficient (Wildman–Crippen LogP) is -8.02. The Hall–Kier alpha value is 2.91. The van der Waals surface area contributed by atoms with Crippen molar-refractivity contribution in [3.63, 3.8) is 0 Å². The SMILES string of the molecule is CC[O-].CC[O-].[I-].[I-].[Mg+2].[Mg+2]. The molecule has 2 nitrogen and oxygen atoms in total. The Morgan fingerprint density at radius 3 is 0.800 bits per heavy atom. The Balaban J connectivity index is -0.00000000571. The van der Waals surface area contributed by atoms with Crippen LogP contribution < -0.4 is 58.2 Å². The van der Waals surface area contributed by atoms with Crippen LogP contribution in [0.15, 0.2) is 0 Å². The van der Waals surface area contributed by atoms with Crippen LogP contribution in [0.5, 0.6) is 0 Å². The van der Waals surface area contributed by atoms with Gasteiger partial charge in [-0.25, -0.2) is 0 Å². The number of hydrogen-bond donors (Lipinski definition) is 0. The summed E-state index contributed by atoms with van der Waals surface area (Å²) in [6, 6.07) is 0. The molecule has 0 rings (SSSR count). The number of rotatable bonds is 0. The molecule has 0 aromatic rings. The van der Waals surface area contributed by atoms with E-state index in [-0.39, 0.29) is 107 Å². The molecule has 0 fully saturated rings. The zero-order valence-corrected chi connectivity index (χ0v) is 13.5. The van der Waals surface area contributed by atoms with E-state index in [0.29, 0.717) is 0 Å². The third-order valence-corrected chi connectivity index (χ3v) is 0. The van der Waals surface area contributed by atoms with Gasteiger partial charge in [0.2, 0.25) is 0 Å². The van der Waals surface area contributed by atoms with Crippen LogP contribution in [-0.2, 0) is 0 Å². The molecule has 0 spiro atoms. The van der Waals surface area contributed by atoms with Gasteiger partial charge in [-0.3, -0.25) is 0 Å². The van der Waals surface area contributed by atoms with Crippen molar-refractivity contribution in [2.45, 2.75) is 13.8 Å². The molecule has 0 atom stereocenters. The third-order valence-electron chi connectivity index (χ3n) is 0. The van der Waals surface area contributed by atoms with E-state index < -0.39 is 0 Å². The van der Waals surface area contributed by atoms with Crippen molar-refractivity contribution in [3.05, 3.63) is 0 Å². The molecule has 0 aliphatic carbocycles. The molecule has 0 N–H and O–H groups in total. The van der Waals surface area contributed by atoms with Crippen LogP contribution in [0, 0.1) is 0 Å². The van der Waals surface area contributed by atoms with Crippen molar-refractivity contribution in [2.24, 2.45) is 0 Å². The summed E-state index contributed by atoms with van der Waals surface area (Å²) in [6.07, 6.45) is 0. The van der Waals surface area contributed by atoms with Gasteiger partial charge in [-0.1, -0.05) is 13.8 Å². The first-order valence-electron chi connectivity index (χ1n) is 1.99.